The molecule has 1 aliphatic carbocycles. The van der Waals surface area contributed by atoms with Gasteiger partial charge in [0, 0.05) is 22.5 Å². The van der Waals surface area contributed by atoms with Gasteiger partial charge in [-0.25, -0.2) is 4.39 Å². The zero-order chi connectivity index (χ0) is 13.4. The van der Waals surface area contributed by atoms with Gasteiger partial charge in [0.2, 0.25) is 5.91 Å². The zero-order valence-electron chi connectivity index (χ0n) is 10.9. The van der Waals surface area contributed by atoms with Crippen LogP contribution < -0.4 is 5.32 Å². The van der Waals surface area contributed by atoms with Crippen LogP contribution in [0.1, 0.15) is 31.0 Å². The number of aromatic nitrogens is 1. The first-order chi connectivity index (χ1) is 9.17. The van der Waals surface area contributed by atoms with Gasteiger partial charge < -0.3 is 10.3 Å². The fraction of sp³-hybridized carbons (Fsp3) is 0.400. The van der Waals surface area contributed by atoms with Crippen molar-refractivity contribution >= 4 is 16.8 Å². The van der Waals surface area contributed by atoms with Gasteiger partial charge in [-0.2, -0.15) is 0 Å². The summed E-state index contributed by atoms with van der Waals surface area (Å²) in [5.41, 5.74) is 2.55. The molecule has 0 bridgehead atoms. The standard InChI is InChI=1S/C15H17FN2O/c1-2-9-7-14-11(6-13(9)16)5-12(18-14)8-17-15(19)10-3-4-10/h5-7,10,18H,2-4,8H2,1H3,(H,17,19). The third kappa shape index (κ3) is 2.48. The molecule has 0 unspecified atom stereocenters. The molecular weight excluding hydrogens is 243 g/mol. The Morgan fingerprint density at radius 1 is 1.42 bits per heavy atom. The molecule has 1 saturated carbocycles. The lowest BCUT2D eigenvalue weighted by Crippen LogP contribution is -2.24. The highest BCUT2D eigenvalue weighted by Crippen LogP contribution is 2.29. The zero-order valence-corrected chi connectivity index (χ0v) is 10.9. The third-order valence-corrected chi connectivity index (χ3v) is 3.63. The van der Waals surface area contributed by atoms with Crippen LogP contribution in [0.2, 0.25) is 0 Å². The molecule has 0 aliphatic heterocycles. The van der Waals surface area contributed by atoms with Gasteiger partial charge in [0.1, 0.15) is 5.82 Å². The van der Waals surface area contributed by atoms with Crippen LogP contribution in [0.25, 0.3) is 10.9 Å². The highest BCUT2D eigenvalue weighted by Gasteiger charge is 2.29. The lowest BCUT2D eigenvalue weighted by molar-refractivity contribution is -0.122. The van der Waals surface area contributed by atoms with Gasteiger partial charge in [-0.15, -0.1) is 0 Å². The van der Waals surface area contributed by atoms with E-state index in [4.69, 9.17) is 0 Å². The fourth-order valence-corrected chi connectivity index (χ4v) is 2.30. The molecule has 1 fully saturated rings. The van der Waals surface area contributed by atoms with Crippen LogP contribution in [0.3, 0.4) is 0 Å². The molecule has 4 heteroatoms. The Labute approximate surface area is 111 Å². The van der Waals surface area contributed by atoms with Crippen LogP contribution in [0.15, 0.2) is 18.2 Å². The Bertz CT molecular complexity index is 628. The fourth-order valence-electron chi connectivity index (χ4n) is 2.30. The quantitative estimate of drug-likeness (QED) is 0.872. The smallest absolute Gasteiger partial charge is 0.223 e. The molecule has 100 valence electrons. The SMILES string of the molecule is CCc1cc2[nH]c(CNC(=O)C3CC3)cc2cc1F. The van der Waals surface area contributed by atoms with Crippen molar-refractivity contribution in [2.24, 2.45) is 5.92 Å². The first kappa shape index (κ1) is 12.2. The number of carbonyl (C=O) groups excluding carboxylic acids is 1. The molecule has 1 aromatic carbocycles. The van der Waals surface area contributed by atoms with E-state index >= 15 is 0 Å². The van der Waals surface area contributed by atoms with E-state index in [1.54, 1.807) is 6.07 Å². The lowest BCUT2D eigenvalue weighted by Gasteiger charge is -2.01. The van der Waals surface area contributed by atoms with E-state index in [9.17, 15) is 9.18 Å². The Balaban J connectivity index is 1.78. The van der Waals surface area contributed by atoms with Crippen LogP contribution in [0.5, 0.6) is 0 Å². The summed E-state index contributed by atoms with van der Waals surface area (Å²) in [5.74, 6) is 0.176. The monoisotopic (exact) mass is 260 g/mol. The van der Waals surface area contributed by atoms with Crippen molar-refractivity contribution in [1.29, 1.82) is 0 Å². The average Bonchev–Trinajstić information content (AvgIpc) is 3.17. The van der Waals surface area contributed by atoms with Crippen molar-refractivity contribution in [3.05, 3.63) is 35.3 Å². The van der Waals surface area contributed by atoms with Gasteiger partial charge in [0.25, 0.3) is 0 Å². The number of amides is 1. The number of nitrogens with one attached hydrogen (secondary N) is 2. The Morgan fingerprint density at radius 2 is 2.21 bits per heavy atom. The Hall–Kier alpha value is -1.84. The van der Waals surface area contributed by atoms with Crippen molar-refractivity contribution in [3.63, 3.8) is 0 Å². The van der Waals surface area contributed by atoms with Crippen LogP contribution >= 0.6 is 0 Å². The van der Waals surface area contributed by atoms with Crippen LogP contribution in [-0.2, 0) is 17.8 Å². The number of hydrogen-bond acceptors (Lipinski definition) is 1. The maximum atomic E-state index is 13.7. The highest BCUT2D eigenvalue weighted by atomic mass is 19.1. The predicted octanol–water partition coefficient (Wildman–Crippen LogP) is 2.90. The van der Waals surface area contributed by atoms with Gasteiger partial charge in [0.05, 0.1) is 6.54 Å². The van der Waals surface area contributed by atoms with E-state index in [2.05, 4.69) is 10.3 Å². The van der Waals surface area contributed by atoms with Crippen LogP contribution in [0, 0.1) is 11.7 Å². The normalized spacial score (nSPS) is 14.8. The van der Waals surface area contributed by atoms with Crippen molar-refractivity contribution in [1.82, 2.24) is 10.3 Å². The topological polar surface area (TPSA) is 44.9 Å². The van der Waals surface area contributed by atoms with Gasteiger partial charge in [-0.3, -0.25) is 4.79 Å². The number of aryl methyl sites for hydroxylation is 1. The molecule has 2 N–H and O–H groups in total. The van der Waals surface area contributed by atoms with E-state index in [-0.39, 0.29) is 17.6 Å². The van der Waals surface area contributed by atoms with Crippen molar-refractivity contribution < 1.29 is 9.18 Å². The van der Waals surface area contributed by atoms with Gasteiger partial charge in [-0.1, -0.05) is 6.92 Å². The molecule has 1 amide bonds. The van der Waals surface area contributed by atoms with E-state index < -0.39 is 0 Å². The number of halogens is 1. The molecule has 2 aromatic rings. The van der Waals surface area contributed by atoms with Gasteiger partial charge in [-0.05, 0) is 43.0 Å². The van der Waals surface area contributed by atoms with E-state index in [0.717, 1.165) is 29.4 Å². The predicted molar refractivity (Wildman–Crippen MR) is 72.2 cm³/mol. The molecular formula is C15H17FN2O. The first-order valence-electron chi connectivity index (χ1n) is 6.75. The minimum absolute atomic E-state index is 0.124. The minimum Gasteiger partial charge on any atom is -0.357 e. The lowest BCUT2D eigenvalue weighted by atomic mass is 10.1. The second-order valence-electron chi connectivity index (χ2n) is 5.17. The average molecular weight is 260 g/mol. The highest BCUT2D eigenvalue weighted by molar-refractivity contribution is 5.82. The van der Waals surface area contributed by atoms with E-state index in [1.807, 2.05) is 19.1 Å². The Kier molecular flexibility index (Phi) is 3.01. The minimum atomic E-state index is -0.164. The molecule has 0 radical (unpaired) electrons. The summed E-state index contributed by atoms with van der Waals surface area (Å²) < 4.78 is 13.7. The number of fused-ring (bicyclic) bond motifs is 1. The molecule has 1 aliphatic rings. The number of rotatable bonds is 4. The van der Waals surface area contributed by atoms with Crippen molar-refractivity contribution in [2.45, 2.75) is 32.7 Å². The largest absolute Gasteiger partial charge is 0.357 e. The summed E-state index contributed by atoms with van der Waals surface area (Å²) in [6, 6.07) is 5.29. The number of H-pyrrole nitrogens is 1. The number of hydrogen-bond donors (Lipinski definition) is 2. The van der Waals surface area contributed by atoms with Crippen LogP contribution in [-0.4, -0.2) is 10.9 Å². The van der Waals surface area contributed by atoms with E-state index in [1.165, 1.54) is 0 Å². The van der Waals surface area contributed by atoms with Crippen molar-refractivity contribution in [3.8, 4) is 0 Å². The van der Waals surface area contributed by atoms with Crippen LogP contribution in [0.4, 0.5) is 4.39 Å². The molecule has 1 heterocycles. The van der Waals surface area contributed by atoms with E-state index in [0.29, 0.717) is 18.5 Å². The molecule has 19 heavy (non-hydrogen) atoms. The molecule has 1 aromatic heterocycles. The second-order valence-corrected chi connectivity index (χ2v) is 5.17. The maximum absolute atomic E-state index is 13.7. The Morgan fingerprint density at radius 3 is 2.89 bits per heavy atom. The molecule has 0 saturated heterocycles. The molecule has 3 rings (SSSR count). The molecule has 3 nitrogen and oxygen atoms in total. The number of carbonyl (C=O) groups is 1. The maximum Gasteiger partial charge on any atom is 0.223 e. The molecule has 0 atom stereocenters. The summed E-state index contributed by atoms with van der Waals surface area (Å²) in [6.07, 6.45) is 2.68. The number of aromatic amines is 1. The van der Waals surface area contributed by atoms with Crippen molar-refractivity contribution in [2.75, 3.05) is 0 Å². The third-order valence-electron chi connectivity index (χ3n) is 3.63. The van der Waals surface area contributed by atoms with Gasteiger partial charge >= 0.3 is 0 Å². The second kappa shape index (κ2) is 4.68. The van der Waals surface area contributed by atoms with Gasteiger partial charge in [0.15, 0.2) is 0 Å². The molecule has 0 spiro atoms. The first-order valence-corrected chi connectivity index (χ1v) is 6.75. The summed E-state index contributed by atoms with van der Waals surface area (Å²) in [4.78, 5) is 14.8. The number of benzene rings is 1. The summed E-state index contributed by atoms with van der Waals surface area (Å²) >= 11 is 0. The summed E-state index contributed by atoms with van der Waals surface area (Å²) in [6.45, 7) is 2.41. The summed E-state index contributed by atoms with van der Waals surface area (Å²) in [7, 11) is 0. The summed E-state index contributed by atoms with van der Waals surface area (Å²) in [5, 5.41) is 3.75.